The molecule has 0 spiro atoms. The zero-order valence-electron chi connectivity index (χ0n) is 14.7. The lowest BCUT2D eigenvalue weighted by molar-refractivity contribution is 0.610. The molecule has 0 radical (unpaired) electrons. The summed E-state index contributed by atoms with van der Waals surface area (Å²) in [6, 6.07) is 0. The fourth-order valence-corrected chi connectivity index (χ4v) is 2.44. The van der Waals surface area contributed by atoms with E-state index < -0.39 is 0 Å². The van der Waals surface area contributed by atoms with Crippen molar-refractivity contribution in [2.75, 3.05) is 0 Å². The number of allylic oxidation sites excluding steroid dienone is 2. The lowest BCUT2D eigenvalue weighted by Crippen LogP contribution is -1.91. The highest BCUT2D eigenvalue weighted by molar-refractivity contribution is 4.88. The number of nitrogens with one attached hydrogen (secondary N) is 1. The highest BCUT2D eigenvalue weighted by Gasteiger charge is 1.88. The Kier molecular flexibility index (Phi) is 18.6. The first-order chi connectivity index (χ1) is 10.4. The van der Waals surface area contributed by atoms with Crippen molar-refractivity contribution in [2.45, 2.75) is 104 Å². The number of hydrogen-bond donors (Lipinski definition) is 1. The predicted molar refractivity (Wildman–Crippen MR) is 97.4 cm³/mol. The molecular weight excluding hydrogens is 254 g/mol. The number of hydrogen-bond acceptors (Lipinski definition) is 1. The van der Waals surface area contributed by atoms with Crippen molar-refractivity contribution in [1.29, 1.82) is 0 Å². The molecule has 0 atom stereocenters. The maximum Gasteiger partial charge on any atom is -0.00358 e. The Morgan fingerprint density at radius 2 is 0.905 bits per heavy atom. The van der Waals surface area contributed by atoms with E-state index in [1.54, 1.807) is 0 Å². The van der Waals surface area contributed by atoms with Gasteiger partial charge in [0, 0.05) is 0 Å². The highest BCUT2D eigenvalue weighted by atomic mass is 14.8. The van der Waals surface area contributed by atoms with Gasteiger partial charge >= 0.3 is 0 Å². The van der Waals surface area contributed by atoms with Crippen molar-refractivity contribution >= 4 is 0 Å². The van der Waals surface area contributed by atoms with E-state index in [0.717, 1.165) is 0 Å². The first kappa shape index (κ1) is 20.3. The summed E-state index contributed by atoms with van der Waals surface area (Å²) in [6.45, 7) is 4.54. The molecule has 0 bridgehead atoms. The minimum Gasteiger partial charge on any atom is -0.368 e. The van der Waals surface area contributed by atoms with Gasteiger partial charge in [0.1, 0.15) is 0 Å². The third kappa shape index (κ3) is 19.3. The Morgan fingerprint density at radius 3 is 1.33 bits per heavy atom. The molecule has 1 nitrogen and oxygen atoms in total. The average molecular weight is 294 g/mol. The average Bonchev–Trinajstić information content (AvgIpc) is 2.50. The molecule has 0 aliphatic heterocycles. The second-order valence-corrected chi connectivity index (χ2v) is 6.08. The van der Waals surface area contributed by atoms with Gasteiger partial charge in [-0.25, -0.2) is 0 Å². The van der Waals surface area contributed by atoms with E-state index in [2.05, 4.69) is 43.7 Å². The van der Waals surface area contributed by atoms with Gasteiger partial charge in [-0.2, -0.15) is 0 Å². The predicted octanol–water partition coefficient (Wildman–Crippen LogP) is 7.10. The summed E-state index contributed by atoms with van der Waals surface area (Å²) in [5, 5.41) is 3.25. The van der Waals surface area contributed by atoms with Crippen molar-refractivity contribution in [3.63, 3.8) is 0 Å². The SMILES string of the molecule is CCCCCCCC/C=C/N/C=C/CCCCCCCC. The zero-order chi connectivity index (χ0) is 15.4. The molecule has 0 aliphatic carbocycles. The smallest absolute Gasteiger partial charge is 0.00358 e. The lowest BCUT2D eigenvalue weighted by atomic mass is 10.1. The van der Waals surface area contributed by atoms with Gasteiger partial charge in [0.25, 0.3) is 0 Å². The molecular formula is C20H39N. The first-order valence-corrected chi connectivity index (χ1v) is 9.47. The normalized spacial score (nSPS) is 11.7. The molecule has 0 aromatic carbocycles. The van der Waals surface area contributed by atoms with Crippen LogP contribution in [0.2, 0.25) is 0 Å². The molecule has 1 N–H and O–H groups in total. The third-order valence-corrected chi connectivity index (χ3v) is 3.88. The Bertz CT molecular complexity index is 206. The molecule has 0 saturated heterocycles. The van der Waals surface area contributed by atoms with E-state index >= 15 is 0 Å². The Morgan fingerprint density at radius 1 is 0.524 bits per heavy atom. The highest BCUT2D eigenvalue weighted by Crippen LogP contribution is 2.07. The molecule has 21 heavy (non-hydrogen) atoms. The molecule has 0 aromatic heterocycles. The summed E-state index contributed by atoms with van der Waals surface area (Å²) in [7, 11) is 0. The second-order valence-electron chi connectivity index (χ2n) is 6.08. The molecule has 0 amide bonds. The van der Waals surface area contributed by atoms with E-state index in [-0.39, 0.29) is 0 Å². The van der Waals surface area contributed by atoms with Crippen LogP contribution in [0, 0.1) is 0 Å². The van der Waals surface area contributed by atoms with Crippen molar-refractivity contribution in [2.24, 2.45) is 0 Å². The summed E-state index contributed by atoms with van der Waals surface area (Å²) in [6.07, 6.45) is 27.7. The Balaban J connectivity index is 3.14. The van der Waals surface area contributed by atoms with Crippen LogP contribution in [0.15, 0.2) is 24.6 Å². The molecule has 124 valence electrons. The van der Waals surface area contributed by atoms with Crippen LogP contribution in [0.25, 0.3) is 0 Å². The second kappa shape index (κ2) is 19.3. The summed E-state index contributed by atoms with van der Waals surface area (Å²) < 4.78 is 0. The minimum atomic E-state index is 1.21. The third-order valence-electron chi connectivity index (χ3n) is 3.88. The zero-order valence-corrected chi connectivity index (χ0v) is 14.7. The number of rotatable bonds is 16. The van der Waals surface area contributed by atoms with Gasteiger partial charge in [-0.3, -0.25) is 0 Å². The Labute approximate surface area is 134 Å². The summed E-state index contributed by atoms with van der Waals surface area (Å²) in [5.74, 6) is 0. The van der Waals surface area contributed by atoms with Gasteiger partial charge in [-0.15, -0.1) is 0 Å². The van der Waals surface area contributed by atoms with Crippen LogP contribution in [0.5, 0.6) is 0 Å². The summed E-state index contributed by atoms with van der Waals surface area (Å²) >= 11 is 0. The van der Waals surface area contributed by atoms with E-state index in [1.165, 1.54) is 89.9 Å². The van der Waals surface area contributed by atoms with Gasteiger partial charge in [-0.05, 0) is 38.1 Å². The monoisotopic (exact) mass is 293 g/mol. The molecule has 0 rings (SSSR count). The van der Waals surface area contributed by atoms with Gasteiger partial charge < -0.3 is 5.32 Å². The molecule has 0 aliphatic rings. The summed E-state index contributed by atoms with van der Waals surface area (Å²) in [4.78, 5) is 0. The van der Waals surface area contributed by atoms with Crippen LogP contribution >= 0.6 is 0 Å². The maximum absolute atomic E-state index is 3.25. The maximum atomic E-state index is 3.25. The van der Waals surface area contributed by atoms with Crippen molar-refractivity contribution in [3.05, 3.63) is 24.6 Å². The molecule has 0 heterocycles. The fraction of sp³-hybridized carbons (Fsp3) is 0.800. The van der Waals surface area contributed by atoms with E-state index in [1.807, 2.05) is 0 Å². The van der Waals surface area contributed by atoms with Crippen LogP contribution in [0.3, 0.4) is 0 Å². The topological polar surface area (TPSA) is 12.0 Å². The van der Waals surface area contributed by atoms with Crippen molar-refractivity contribution in [3.8, 4) is 0 Å². The molecule has 0 aromatic rings. The van der Waals surface area contributed by atoms with E-state index in [4.69, 9.17) is 0 Å². The van der Waals surface area contributed by atoms with Crippen LogP contribution in [0.1, 0.15) is 104 Å². The quantitative estimate of drug-likeness (QED) is 0.299. The van der Waals surface area contributed by atoms with Crippen LogP contribution in [-0.4, -0.2) is 0 Å². The molecule has 0 unspecified atom stereocenters. The minimum absolute atomic E-state index is 1.21. The van der Waals surface area contributed by atoms with Gasteiger partial charge in [-0.1, -0.05) is 90.2 Å². The van der Waals surface area contributed by atoms with E-state index in [9.17, 15) is 0 Å². The van der Waals surface area contributed by atoms with Crippen LogP contribution < -0.4 is 5.32 Å². The van der Waals surface area contributed by atoms with E-state index in [0.29, 0.717) is 0 Å². The lowest BCUT2D eigenvalue weighted by Gasteiger charge is -1.98. The van der Waals surface area contributed by atoms with Crippen molar-refractivity contribution < 1.29 is 0 Å². The molecule has 0 fully saturated rings. The van der Waals surface area contributed by atoms with Crippen LogP contribution in [0.4, 0.5) is 0 Å². The molecule has 1 heteroatoms. The van der Waals surface area contributed by atoms with Gasteiger partial charge in [0.2, 0.25) is 0 Å². The Hall–Kier alpha value is -0.720. The molecule has 0 saturated carbocycles. The van der Waals surface area contributed by atoms with Gasteiger partial charge in [0.15, 0.2) is 0 Å². The largest absolute Gasteiger partial charge is 0.368 e. The fourth-order valence-electron chi connectivity index (χ4n) is 2.44. The van der Waals surface area contributed by atoms with Crippen LogP contribution in [-0.2, 0) is 0 Å². The first-order valence-electron chi connectivity index (χ1n) is 9.47. The van der Waals surface area contributed by atoms with Crippen molar-refractivity contribution in [1.82, 2.24) is 5.32 Å². The number of unbranched alkanes of at least 4 members (excludes halogenated alkanes) is 12. The summed E-state index contributed by atoms with van der Waals surface area (Å²) in [5.41, 5.74) is 0. The standard InChI is InChI=1S/C20H39N/c1-3-5-7-9-11-13-15-17-19-21-20-18-16-14-12-10-8-6-4-2/h17-21H,3-16H2,1-2H3/b19-17+,20-18+. The van der Waals surface area contributed by atoms with Gasteiger partial charge in [0.05, 0.1) is 0 Å².